The number of rotatable bonds is 4. The molecule has 22 heavy (non-hydrogen) atoms. The second-order valence-electron chi connectivity index (χ2n) is 4.76. The normalized spacial score (nSPS) is 10.1. The molecule has 0 radical (unpaired) electrons. The predicted octanol–water partition coefficient (Wildman–Crippen LogP) is 2.34. The van der Waals surface area contributed by atoms with Crippen molar-refractivity contribution in [2.24, 2.45) is 5.73 Å². The van der Waals surface area contributed by atoms with Gasteiger partial charge in [0.1, 0.15) is 0 Å². The maximum Gasteiger partial charge on any atom is 0.265 e. The van der Waals surface area contributed by atoms with Gasteiger partial charge in [0.05, 0.1) is 5.69 Å². The van der Waals surface area contributed by atoms with Gasteiger partial charge in [0.15, 0.2) is 0 Å². The van der Waals surface area contributed by atoms with Gasteiger partial charge in [-0.15, -0.1) is 0 Å². The van der Waals surface area contributed by atoms with Crippen LogP contribution in [-0.4, -0.2) is 18.4 Å². The molecule has 5 nitrogen and oxygen atoms in total. The lowest BCUT2D eigenvalue weighted by atomic mass is 10.1. The molecule has 4 N–H and O–H groups in total. The summed E-state index contributed by atoms with van der Waals surface area (Å²) in [5, 5.41) is 11.0. The lowest BCUT2D eigenvalue weighted by Gasteiger charge is -2.24. The Bertz CT molecular complexity index is 655. The standard InChI is InChI=1S/C17H20N4O/c1-2-20-17(19)21(15-10-6-7-13(11-15)12-18)16(22)14-8-4-3-5-9-14/h3-11H,2,12,18H2,1H3,(H2,19,20). The summed E-state index contributed by atoms with van der Waals surface area (Å²) in [6.07, 6.45) is 0. The monoisotopic (exact) mass is 296 g/mol. The Morgan fingerprint density at radius 2 is 1.91 bits per heavy atom. The van der Waals surface area contributed by atoms with E-state index < -0.39 is 0 Å². The van der Waals surface area contributed by atoms with E-state index in [4.69, 9.17) is 11.1 Å². The number of nitrogens with one attached hydrogen (secondary N) is 2. The number of hydrogen-bond acceptors (Lipinski definition) is 3. The zero-order valence-electron chi connectivity index (χ0n) is 12.5. The molecule has 0 bridgehead atoms. The van der Waals surface area contributed by atoms with E-state index in [1.165, 1.54) is 4.90 Å². The van der Waals surface area contributed by atoms with Crippen molar-refractivity contribution in [3.05, 3.63) is 65.7 Å². The van der Waals surface area contributed by atoms with Crippen molar-refractivity contribution in [3.63, 3.8) is 0 Å². The zero-order chi connectivity index (χ0) is 15.9. The maximum atomic E-state index is 12.8. The van der Waals surface area contributed by atoms with Gasteiger partial charge >= 0.3 is 0 Å². The van der Waals surface area contributed by atoms with Gasteiger partial charge in [-0.3, -0.25) is 10.2 Å². The molecular weight excluding hydrogens is 276 g/mol. The average Bonchev–Trinajstić information content (AvgIpc) is 2.56. The summed E-state index contributed by atoms with van der Waals surface area (Å²) < 4.78 is 0. The summed E-state index contributed by atoms with van der Waals surface area (Å²) in [4.78, 5) is 14.1. The number of nitrogens with two attached hydrogens (primary N) is 1. The molecule has 2 aromatic carbocycles. The first-order valence-corrected chi connectivity index (χ1v) is 7.18. The minimum Gasteiger partial charge on any atom is -0.356 e. The number of carbonyl (C=O) groups excluding carboxylic acids is 1. The van der Waals surface area contributed by atoms with Crippen LogP contribution in [0.3, 0.4) is 0 Å². The van der Waals surface area contributed by atoms with Gasteiger partial charge in [-0.05, 0) is 36.8 Å². The minimum absolute atomic E-state index is 0.0468. The molecule has 0 saturated heterocycles. The number of hydrogen-bond donors (Lipinski definition) is 3. The second-order valence-corrected chi connectivity index (χ2v) is 4.76. The fourth-order valence-corrected chi connectivity index (χ4v) is 2.13. The van der Waals surface area contributed by atoms with Crippen LogP contribution >= 0.6 is 0 Å². The van der Waals surface area contributed by atoms with E-state index in [1.54, 1.807) is 30.3 Å². The third kappa shape index (κ3) is 3.51. The van der Waals surface area contributed by atoms with Crippen LogP contribution < -0.4 is 16.0 Å². The van der Waals surface area contributed by atoms with Crippen LogP contribution in [0.1, 0.15) is 22.8 Å². The fraction of sp³-hybridized carbons (Fsp3) is 0.176. The van der Waals surface area contributed by atoms with Crippen molar-refractivity contribution in [2.75, 3.05) is 11.4 Å². The number of nitrogens with zero attached hydrogens (tertiary/aromatic N) is 1. The Morgan fingerprint density at radius 3 is 2.55 bits per heavy atom. The van der Waals surface area contributed by atoms with E-state index in [9.17, 15) is 4.79 Å². The molecule has 5 heteroatoms. The molecule has 1 amide bonds. The third-order valence-electron chi connectivity index (χ3n) is 3.20. The van der Waals surface area contributed by atoms with Gasteiger partial charge in [0, 0.05) is 18.7 Å². The van der Waals surface area contributed by atoms with Crippen LogP contribution in [0.2, 0.25) is 0 Å². The van der Waals surface area contributed by atoms with Crippen LogP contribution in [0.25, 0.3) is 0 Å². The Hall–Kier alpha value is -2.66. The molecule has 0 aliphatic carbocycles. The Kier molecular flexibility index (Phi) is 5.27. The average molecular weight is 296 g/mol. The van der Waals surface area contributed by atoms with Crippen molar-refractivity contribution in [1.29, 1.82) is 5.41 Å². The van der Waals surface area contributed by atoms with Gasteiger partial charge in [0.25, 0.3) is 5.91 Å². The summed E-state index contributed by atoms with van der Waals surface area (Å²) >= 11 is 0. The lowest BCUT2D eigenvalue weighted by molar-refractivity contribution is 0.100. The molecule has 0 atom stereocenters. The van der Waals surface area contributed by atoms with E-state index in [1.807, 2.05) is 31.2 Å². The quantitative estimate of drug-likeness (QED) is 0.598. The minimum atomic E-state index is -0.249. The number of carbonyl (C=O) groups is 1. The molecule has 0 unspecified atom stereocenters. The Balaban J connectivity index is 2.42. The molecule has 0 heterocycles. The summed E-state index contributed by atoms with van der Waals surface area (Å²) in [7, 11) is 0. The molecule has 0 aromatic heterocycles. The van der Waals surface area contributed by atoms with Gasteiger partial charge in [-0.25, -0.2) is 4.90 Å². The molecule has 0 saturated carbocycles. The van der Waals surface area contributed by atoms with Crippen molar-refractivity contribution < 1.29 is 4.79 Å². The van der Waals surface area contributed by atoms with E-state index in [0.717, 1.165) is 5.56 Å². The van der Waals surface area contributed by atoms with Gasteiger partial charge in [-0.1, -0.05) is 30.3 Å². The molecular formula is C17H20N4O. The van der Waals surface area contributed by atoms with Crippen LogP contribution in [0.4, 0.5) is 5.69 Å². The first kappa shape index (κ1) is 15.7. The topological polar surface area (TPSA) is 82.2 Å². The smallest absolute Gasteiger partial charge is 0.265 e. The molecule has 0 aliphatic rings. The molecule has 0 aliphatic heterocycles. The first-order chi connectivity index (χ1) is 10.7. The van der Waals surface area contributed by atoms with Crippen molar-refractivity contribution in [3.8, 4) is 0 Å². The van der Waals surface area contributed by atoms with Gasteiger partial charge < -0.3 is 11.1 Å². The van der Waals surface area contributed by atoms with E-state index in [2.05, 4.69) is 5.32 Å². The van der Waals surface area contributed by atoms with Crippen LogP contribution in [0, 0.1) is 5.41 Å². The Morgan fingerprint density at radius 1 is 1.18 bits per heavy atom. The van der Waals surface area contributed by atoms with Crippen LogP contribution in [0.5, 0.6) is 0 Å². The van der Waals surface area contributed by atoms with E-state index >= 15 is 0 Å². The van der Waals surface area contributed by atoms with Crippen LogP contribution in [0.15, 0.2) is 54.6 Å². The van der Waals surface area contributed by atoms with E-state index in [-0.39, 0.29) is 11.9 Å². The molecule has 0 spiro atoms. The van der Waals surface area contributed by atoms with Crippen molar-refractivity contribution in [2.45, 2.75) is 13.5 Å². The van der Waals surface area contributed by atoms with Gasteiger partial charge in [-0.2, -0.15) is 0 Å². The van der Waals surface area contributed by atoms with Crippen molar-refractivity contribution >= 4 is 17.6 Å². The third-order valence-corrected chi connectivity index (χ3v) is 3.20. The number of anilines is 1. The predicted molar refractivity (Wildman–Crippen MR) is 89.0 cm³/mol. The summed E-state index contributed by atoms with van der Waals surface area (Å²) in [5.41, 5.74) is 7.74. The fourth-order valence-electron chi connectivity index (χ4n) is 2.13. The second kappa shape index (κ2) is 7.38. The lowest BCUT2D eigenvalue weighted by Crippen LogP contribution is -2.44. The molecule has 0 fully saturated rings. The number of guanidine groups is 1. The molecule has 114 valence electrons. The molecule has 2 aromatic rings. The Labute approximate surface area is 130 Å². The summed E-state index contributed by atoms with van der Waals surface area (Å²) in [5.74, 6) is -0.203. The highest BCUT2D eigenvalue weighted by Crippen LogP contribution is 2.19. The zero-order valence-corrected chi connectivity index (χ0v) is 12.5. The largest absolute Gasteiger partial charge is 0.356 e. The first-order valence-electron chi connectivity index (χ1n) is 7.18. The van der Waals surface area contributed by atoms with Crippen LogP contribution in [-0.2, 0) is 6.54 Å². The SMILES string of the molecule is CCNC(=N)N(C(=O)c1ccccc1)c1cccc(CN)c1. The van der Waals surface area contributed by atoms with Crippen molar-refractivity contribution in [1.82, 2.24) is 5.32 Å². The highest BCUT2D eigenvalue weighted by Gasteiger charge is 2.21. The summed E-state index contributed by atoms with van der Waals surface area (Å²) in [6, 6.07) is 16.3. The summed E-state index contributed by atoms with van der Waals surface area (Å²) in [6.45, 7) is 2.83. The molecule has 2 rings (SSSR count). The highest BCUT2D eigenvalue weighted by molar-refractivity contribution is 6.21. The highest BCUT2D eigenvalue weighted by atomic mass is 16.2. The number of amides is 1. The maximum absolute atomic E-state index is 12.8. The number of benzene rings is 2. The van der Waals surface area contributed by atoms with Gasteiger partial charge in [0.2, 0.25) is 5.96 Å². The van der Waals surface area contributed by atoms with E-state index in [0.29, 0.717) is 24.3 Å².